The van der Waals surface area contributed by atoms with Crippen molar-refractivity contribution in [2.24, 2.45) is 0 Å². The van der Waals surface area contributed by atoms with Gasteiger partial charge in [0.1, 0.15) is 0 Å². The third-order valence-corrected chi connectivity index (χ3v) is 2.86. The lowest BCUT2D eigenvalue weighted by Gasteiger charge is -2.33. The number of hydrogen-bond acceptors (Lipinski definition) is 2. The first-order valence-electron chi connectivity index (χ1n) is 4.42. The van der Waals surface area contributed by atoms with E-state index in [9.17, 15) is 0 Å². The van der Waals surface area contributed by atoms with Crippen LogP contribution in [0.1, 0.15) is 26.7 Å². The zero-order valence-electron chi connectivity index (χ0n) is 8.31. The van der Waals surface area contributed by atoms with Crippen molar-refractivity contribution in [2.45, 2.75) is 32.2 Å². The molecule has 0 saturated carbocycles. The molecule has 74 valence electrons. The van der Waals surface area contributed by atoms with Gasteiger partial charge in [0.2, 0.25) is 0 Å². The van der Waals surface area contributed by atoms with Gasteiger partial charge in [0.05, 0.1) is 6.61 Å². The summed E-state index contributed by atoms with van der Waals surface area (Å²) in [7, 11) is 2.06. The van der Waals surface area contributed by atoms with Crippen molar-refractivity contribution in [2.75, 3.05) is 25.5 Å². The molecule has 0 spiro atoms. The summed E-state index contributed by atoms with van der Waals surface area (Å²) in [6.45, 7) is 5.39. The molecule has 0 aliphatic rings. The van der Waals surface area contributed by atoms with Crippen molar-refractivity contribution in [3.05, 3.63) is 0 Å². The van der Waals surface area contributed by atoms with Crippen molar-refractivity contribution in [1.29, 1.82) is 0 Å². The van der Waals surface area contributed by atoms with Crippen LogP contribution in [0.2, 0.25) is 0 Å². The Morgan fingerprint density at radius 3 is 2.33 bits per heavy atom. The zero-order chi connectivity index (χ0) is 9.61. The van der Waals surface area contributed by atoms with Crippen LogP contribution in [0, 0.1) is 0 Å². The Morgan fingerprint density at radius 1 is 1.33 bits per heavy atom. The quantitative estimate of drug-likeness (QED) is 0.564. The van der Waals surface area contributed by atoms with Gasteiger partial charge in [-0.3, -0.25) is 4.90 Å². The molecule has 0 aliphatic heterocycles. The number of aliphatic hydroxyl groups is 1. The number of rotatable bonds is 6. The standard InChI is InChI=1S/C9H20BrNO/c1-9(2,8-12)11(3)7-5-4-6-10/h12H,4-8H2,1-3H3. The molecule has 0 fully saturated rings. The molecule has 0 rings (SSSR count). The summed E-state index contributed by atoms with van der Waals surface area (Å²) in [6.07, 6.45) is 2.39. The van der Waals surface area contributed by atoms with Crippen LogP contribution in [0.25, 0.3) is 0 Å². The van der Waals surface area contributed by atoms with Crippen LogP contribution in [-0.2, 0) is 0 Å². The average molecular weight is 238 g/mol. The first-order valence-corrected chi connectivity index (χ1v) is 5.55. The Balaban J connectivity index is 3.63. The molecule has 3 heteroatoms. The molecule has 12 heavy (non-hydrogen) atoms. The molecule has 0 radical (unpaired) electrons. The summed E-state index contributed by atoms with van der Waals surface area (Å²) in [5.41, 5.74) is -0.0771. The molecule has 0 heterocycles. The van der Waals surface area contributed by atoms with E-state index in [0.29, 0.717) is 0 Å². The van der Waals surface area contributed by atoms with E-state index in [0.717, 1.165) is 11.9 Å². The SMILES string of the molecule is CN(CCCCBr)C(C)(C)CO. The van der Waals surface area contributed by atoms with Crippen LogP contribution in [-0.4, -0.2) is 41.1 Å². The minimum absolute atomic E-state index is 0.0771. The number of aliphatic hydroxyl groups excluding tert-OH is 1. The van der Waals surface area contributed by atoms with Crippen LogP contribution in [0.4, 0.5) is 0 Å². The third kappa shape index (κ3) is 4.43. The average Bonchev–Trinajstić information content (AvgIpc) is 2.05. The minimum atomic E-state index is -0.0771. The maximum atomic E-state index is 9.07. The fraction of sp³-hybridized carbons (Fsp3) is 1.00. The summed E-state index contributed by atoms with van der Waals surface area (Å²) >= 11 is 3.40. The third-order valence-electron chi connectivity index (χ3n) is 2.30. The van der Waals surface area contributed by atoms with E-state index in [1.807, 2.05) is 0 Å². The van der Waals surface area contributed by atoms with Crippen LogP contribution in [0.5, 0.6) is 0 Å². The lowest BCUT2D eigenvalue weighted by Crippen LogP contribution is -2.44. The number of nitrogens with zero attached hydrogens (tertiary/aromatic N) is 1. The number of hydrogen-bond donors (Lipinski definition) is 1. The van der Waals surface area contributed by atoms with E-state index in [4.69, 9.17) is 5.11 Å². The Labute approximate surface area is 84.1 Å². The molecule has 1 N–H and O–H groups in total. The molecule has 0 saturated heterocycles. The number of halogens is 1. The van der Waals surface area contributed by atoms with Gasteiger partial charge in [-0.2, -0.15) is 0 Å². The maximum absolute atomic E-state index is 9.07. The van der Waals surface area contributed by atoms with E-state index in [-0.39, 0.29) is 12.1 Å². The second-order valence-corrected chi connectivity index (χ2v) is 4.58. The van der Waals surface area contributed by atoms with Gasteiger partial charge in [-0.15, -0.1) is 0 Å². The number of alkyl halides is 1. The molecule has 2 nitrogen and oxygen atoms in total. The smallest absolute Gasteiger partial charge is 0.0609 e. The molecule has 0 aromatic carbocycles. The summed E-state index contributed by atoms with van der Waals surface area (Å²) in [6, 6.07) is 0. The van der Waals surface area contributed by atoms with E-state index < -0.39 is 0 Å². The van der Waals surface area contributed by atoms with Gasteiger partial charge in [0.25, 0.3) is 0 Å². The molecule has 0 aliphatic carbocycles. The fourth-order valence-electron chi connectivity index (χ4n) is 0.867. The van der Waals surface area contributed by atoms with Crippen LogP contribution < -0.4 is 0 Å². The molecular weight excluding hydrogens is 218 g/mol. The van der Waals surface area contributed by atoms with E-state index >= 15 is 0 Å². The van der Waals surface area contributed by atoms with Gasteiger partial charge in [0, 0.05) is 10.9 Å². The van der Waals surface area contributed by atoms with Gasteiger partial charge in [0.15, 0.2) is 0 Å². The van der Waals surface area contributed by atoms with E-state index in [1.165, 1.54) is 12.8 Å². The second-order valence-electron chi connectivity index (χ2n) is 3.79. The predicted molar refractivity (Wildman–Crippen MR) is 56.8 cm³/mol. The first-order chi connectivity index (χ1) is 5.54. The van der Waals surface area contributed by atoms with Gasteiger partial charge < -0.3 is 5.11 Å². The van der Waals surface area contributed by atoms with Crippen molar-refractivity contribution in [3.8, 4) is 0 Å². The predicted octanol–water partition coefficient (Wildman–Crippen LogP) is 1.86. The zero-order valence-corrected chi connectivity index (χ0v) is 9.89. The Kier molecular flexibility index (Phi) is 6.14. The largest absolute Gasteiger partial charge is 0.394 e. The lowest BCUT2D eigenvalue weighted by molar-refractivity contribution is 0.0782. The highest BCUT2D eigenvalue weighted by molar-refractivity contribution is 9.09. The fourth-order valence-corrected chi connectivity index (χ4v) is 1.26. The molecule has 0 amide bonds. The van der Waals surface area contributed by atoms with Crippen molar-refractivity contribution in [3.63, 3.8) is 0 Å². The minimum Gasteiger partial charge on any atom is -0.394 e. The van der Waals surface area contributed by atoms with Crippen LogP contribution in [0.15, 0.2) is 0 Å². The first kappa shape index (κ1) is 12.4. The molecule has 0 atom stereocenters. The van der Waals surface area contributed by atoms with Gasteiger partial charge in [-0.05, 0) is 40.3 Å². The van der Waals surface area contributed by atoms with Gasteiger partial charge >= 0.3 is 0 Å². The highest BCUT2D eigenvalue weighted by atomic mass is 79.9. The summed E-state index contributed by atoms with van der Waals surface area (Å²) in [5.74, 6) is 0. The van der Waals surface area contributed by atoms with Crippen molar-refractivity contribution < 1.29 is 5.11 Å². The molecule has 0 aromatic rings. The Hall–Kier alpha value is 0.400. The van der Waals surface area contributed by atoms with Crippen LogP contribution in [0.3, 0.4) is 0 Å². The molecule has 0 unspecified atom stereocenters. The lowest BCUT2D eigenvalue weighted by atomic mass is 10.1. The van der Waals surface area contributed by atoms with Gasteiger partial charge in [-0.1, -0.05) is 15.9 Å². The highest BCUT2D eigenvalue weighted by Gasteiger charge is 2.21. The summed E-state index contributed by atoms with van der Waals surface area (Å²) < 4.78 is 0. The van der Waals surface area contributed by atoms with Crippen molar-refractivity contribution >= 4 is 15.9 Å². The van der Waals surface area contributed by atoms with Crippen molar-refractivity contribution in [1.82, 2.24) is 4.90 Å². The second kappa shape index (κ2) is 5.95. The highest BCUT2D eigenvalue weighted by Crippen LogP contribution is 2.11. The monoisotopic (exact) mass is 237 g/mol. The number of unbranched alkanes of at least 4 members (excludes halogenated alkanes) is 1. The topological polar surface area (TPSA) is 23.5 Å². The summed E-state index contributed by atoms with van der Waals surface area (Å²) in [5, 5.41) is 10.1. The molecule has 0 aromatic heterocycles. The number of likely N-dealkylation sites (N-methyl/N-ethyl adjacent to an activating group) is 1. The summed E-state index contributed by atoms with van der Waals surface area (Å²) in [4.78, 5) is 2.20. The van der Waals surface area contributed by atoms with E-state index in [1.54, 1.807) is 0 Å². The Bertz CT molecular complexity index is 117. The van der Waals surface area contributed by atoms with Gasteiger partial charge in [-0.25, -0.2) is 0 Å². The molecular formula is C9H20BrNO. The Morgan fingerprint density at radius 2 is 1.92 bits per heavy atom. The van der Waals surface area contributed by atoms with E-state index in [2.05, 4.69) is 41.7 Å². The maximum Gasteiger partial charge on any atom is 0.0609 e. The van der Waals surface area contributed by atoms with Crippen LogP contribution >= 0.6 is 15.9 Å². The normalized spacial score (nSPS) is 12.5. The molecule has 0 bridgehead atoms.